The fourth-order valence-corrected chi connectivity index (χ4v) is 5.14. The van der Waals surface area contributed by atoms with E-state index in [0.717, 1.165) is 0 Å². The summed E-state index contributed by atoms with van der Waals surface area (Å²) in [5.41, 5.74) is 1.29. The van der Waals surface area contributed by atoms with Crippen molar-refractivity contribution >= 4 is 35.4 Å². The van der Waals surface area contributed by atoms with E-state index in [1.54, 1.807) is 7.05 Å². The van der Waals surface area contributed by atoms with Gasteiger partial charge in [-0.3, -0.25) is 9.59 Å². The fourth-order valence-electron chi connectivity index (χ4n) is 2.25. The Kier molecular flexibility index (Phi) is 7.78. The monoisotopic (exact) mass is 369 g/mol. The van der Waals surface area contributed by atoms with Crippen LogP contribution in [-0.4, -0.2) is 53.6 Å². The Bertz CT molecular complexity index is 544. The van der Waals surface area contributed by atoms with Crippen molar-refractivity contribution in [3.63, 3.8) is 0 Å². The van der Waals surface area contributed by atoms with E-state index in [9.17, 15) is 9.59 Å². The molecule has 0 aliphatic carbocycles. The molecule has 1 saturated heterocycles. The molecular formula is C17H23NO4S2. The van der Waals surface area contributed by atoms with Crippen molar-refractivity contribution in [2.45, 2.75) is 23.8 Å². The molecule has 1 N–H and O–H groups in total. The third-order valence-electron chi connectivity index (χ3n) is 3.65. The van der Waals surface area contributed by atoms with Crippen LogP contribution in [0.1, 0.15) is 29.4 Å². The van der Waals surface area contributed by atoms with Crippen LogP contribution < -0.4 is 4.74 Å². The van der Waals surface area contributed by atoms with E-state index < -0.39 is 5.97 Å². The second-order valence-electron chi connectivity index (χ2n) is 5.60. The smallest absolute Gasteiger partial charge is 0.303 e. The number of likely N-dealkylation sites (N-methyl/N-ethyl adjacent to an activating group) is 1. The molecule has 24 heavy (non-hydrogen) atoms. The second kappa shape index (κ2) is 9.84. The minimum atomic E-state index is -0.846. The van der Waals surface area contributed by atoms with Gasteiger partial charge in [0.25, 0.3) is 5.91 Å². The average molecular weight is 370 g/mol. The predicted octanol–water partition coefficient (Wildman–Crippen LogP) is 3.26. The number of carboxylic acids is 1. The van der Waals surface area contributed by atoms with Gasteiger partial charge in [0, 0.05) is 20.0 Å². The third kappa shape index (κ3) is 6.28. The Balaban J connectivity index is 1.74. The highest BCUT2D eigenvalue weighted by Gasteiger charge is 2.16. The summed E-state index contributed by atoms with van der Waals surface area (Å²) in [5, 5.41) is 8.60. The lowest BCUT2D eigenvalue weighted by Crippen LogP contribution is -2.32. The Labute approximate surface area is 151 Å². The molecule has 1 amide bonds. The molecule has 2 rings (SSSR count). The summed E-state index contributed by atoms with van der Waals surface area (Å²) in [7, 11) is 1.66. The number of hydrogen-bond acceptors (Lipinski definition) is 5. The van der Waals surface area contributed by atoms with Gasteiger partial charge in [-0.2, -0.15) is 0 Å². The highest BCUT2D eigenvalue weighted by Crippen LogP contribution is 2.43. The van der Waals surface area contributed by atoms with Crippen LogP contribution in [0.4, 0.5) is 0 Å². The largest absolute Gasteiger partial charge is 0.484 e. The average Bonchev–Trinajstić information content (AvgIpc) is 2.60. The number of aliphatic carboxylic acids is 1. The number of rotatable bonds is 8. The molecule has 7 heteroatoms. The van der Waals surface area contributed by atoms with Gasteiger partial charge in [0.05, 0.1) is 4.58 Å². The van der Waals surface area contributed by atoms with Crippen molar-refractivity contribution in [3.8, 4) is 5.75 Å². The number of benzene rings is 1. The summed E-state index contributed by atoms with van der Waals surface area (Å²) in [5.74, 6) is 2.10. The zero-order chi connectivity index (χ0) is 17.4. The van der Waals surface area contributed by atoms with Crippen molar-refractivity contribution in [3.05, 3.63) is 29.8 Å². The first-order valence-corrected chi connectivity index (χ1v) is 10.1. The van der Waals surface area contributed by atoms with Crippen molar-refractivity contribution in [2.24, 2.45) is 0 Å². The molecule has 0 bridgehead atoms. The summed E-state index contributed by atoms with van der Waals surface area (Å²) in [6.07, 6.45) is 1.79. The van der Waals surface area contributed by atoms with Crippen LogP contribution in [0.2, 0.25) is 0 Å². The van der Waals surface area contributed by atoms with Crippen LogP contribution in [0.15, 0.2) is 24.3 Å². The van der Waals surface area contributed by atoms with Gasteiger partial charge >= 0.3 is 5.97 Å². The summed E-state index contributed by atoms with van der Waals surface area (Å²) in [4.78, 5) is 23.9. The molecule has 5 nitrogen and oxygen atoms in total. The molecule has 0 spiro atoms. The molecule has 1 fully saturated rings. The molecule has 132 valence electrons. The Morgan fingerprint density at radius 1 is 1.25 bits per heavy atom. The van der Waals surface area contributed by atoms with Crippen LogP contribution in [-0.2, 0) is 9.59 Å². The first kappa shape index (κ1) is 19.0. The number of nitrogens with zero attached hydrogens (tertiary/aromatic N) is 1. The maximum atomic E-state index is 12.0. The Morgan fingerprint density at radius 2 is 1.92 bits per heavy atom. The quantitative estimate of drug-likeness (QED) is 0.759. The van der Waals surface area contributed by atoms with Gasteiger partial charge in [-0.25, -0.2) is 0 Å². The normalized spacial score (nSPS) is 15.0. The van der Waals surface area contributed by atoms with Gasteiger partial charge < -0.3 is 14.7 Å². The van der Waals surface area contributed by atoms with Crippen molar-refractivity contribution < 1.29 is 19.4 Å². The van der Waals surface area contributed by atoms with E-state index >= 15 is 0 Å². The van der Waals surface area contributed by atoms with Crippen LogP contribution in [0, 0.1) is 0 Å². The summed E-state index contributed by atoms with van der Waals surface area (Å²) < 4.78 is 6.03. The maximum Gasteiger partial charge on any atom is 0.303 e. The van der Waals surface area contributed by atoms with Crippen molar-refractivity contribution in [1.29, 1.82) is 0 Å². The number of carboxylic acid groups (broad SMARTS) is 1. The lowest BCUT2D eigenvalue weighted by molar-refractivity contribution is -0.138. The topological polar surface area (TPSA) is 66.8 Å². The maximum absolute atomic E-state index is 12.0. The standard InChI is InChI=1S/C17H23NO4S2/c1-18(9-2-4-16(20)21)15(19)12-22-14-7-5-13(6-8-14)17-23-10-3-11-24-17/h5-8,17H,2-4,9-12H2,1H3,(H,20,21). The number of hydrogen-bond donors (Lipinski definition) is 1. The molecule has 1 aromatic rings. The third-order valence-corrected chi connectivity index (χ3v) is 6.67. The second-order valence-corrected chi connectivity index (χ2v) is 8.32. The Morgan fingerprint density at radius 3 is 2.54 bits per heavy atom. The highest BCUT2D eigenvalue weighted by molar-refractivity contribution is 8.16. The number of carbonyl (C=O) groups is 2. The number of carbonyl (C=O) groups excluding carboxylic acids is 1. The molecule has 1 aliphatic heterocycles. The highest BCUT2D eigenvalue weighted by atomic mass is 32.2. The van der Waals surface area contributed by atoms with Gasteiger partial charge in [-0.15, -0.1) is 23.5 Å². The van der Waals surface area contributed by atoms with Gasteiger partial charge in [0.1, 0.15) is 5.75 Å². The molecular weight excluding hydrogens is 346 g/mol. The molecule has 0 radical (unpaired) electrons. The van der Waals surface area contributed by atoms with E-state index in [0.29, 0.717) is 23.3 Å². The lowest BCUT2D eigenvalue weighted by Gasteiger charge is -2.21. The summed E-state index contributed by atoms with van der Waals surface area (Å²) in [6, 6.07) is 7.93. The fraction of sp³-hybridized carbons (Fsp3) is 0.529. The van der Waals surface area contributed by atoms with Gasteiger partial charge in [0.2, 0.25) is 0 Å². The molecule has 0 unspecified atom stereocenters. The zero-order valence-corrected chi connectivity index (χ0v) is 15.4. The summed E-state index contributed by atoms with van der Waals surface area (Å²) >= 11 is 3.95. The van der Waals surface area contributed by atoms with E-state index in [-0.39, 0.29) is 18.9 Å². The first-order valence-electron chi connectivity index (χ1n) is 7.98. The van der Waals surface area contributed by atoms with Crippen LogP contribution in [0.25, 0.3) is 0 Å². The molecule has 0 saturated carbocycles. The van der Waals surface area contributed by atoms with Crippen LogP contribution >= 0.6 is 23.5 Å². The first-order chi connectivity index (χ1) is 11.6. The number of amides is 1. The lowest BCUT2D eigenvalue weighted by atomic mass is 10.2. The van der Waals surface area contributed by atoms with Gasteiger partial charge in [-0.05, 0) is 42.0 Å². The molecule has 1 heterocycles. The SMILES string of the molecule is CN(CCCC(=O)O)C(=O)COc1ccc(C2SCCCS2)cc1. The number of thioether (sulfide) groups is 2. The summed E-state index contributed by atoms with van der Waals surface area (Å²) in [6.45, 7) is 0.388. The van der Waals surface area contributed by atoms with E-state index in [2.05, 4.69) is 12.1 Å². The van der Waals surface area contributed by atoms with Crippen LogP contribution in [0.3, 0.4) is 0 Å². The van der Waals surface area contributed by atoms with E-state index in [1.165, 1.54) is 28.4 Å². The van der Waals surface area contributed by atoms with E-state index in [4.69, 9.17) is 9.84 Å². The molecule has 1 aliphatic rings. The molecule has 0 atom stereocenters. The van der Waals surface area contributed by atoms with Gasteiger partial charge in [-0.1, -0.05) is 12.1 Å². The van der Waals surface area contributed by atoms with E-state index in [1.807, 2.05) is 35.7 Å². The van der Waals surface area contributed by atoms with Gasteiger partial charge in [0.15, 0.2) is 6.61 Å². The van der Waals surface area contributed by atoms with Crippen molar-refractivity contribution in [1.82, 2.24) is 4.90 Å². The van der Waals surface area contributed by atoms with Crippen molar-refractivity contribution in [2.75, 3.05) is 31.7 Å². The number of ether oxygens (including phenoxy) is 1. The molecule has 0 aromatic heterocycles. The van der Waals surface area contributed by atoms with Crippen LogP contribution in [0.5, 0.6) is 5.75 Å². The minimum absolute atomic E-state index is 0.0319. The molecule has 1 aromatic carbocycles. The minimum Gasteiger partial charge on any atom is -0.484 e. The predicted molar refractivity (Wildman–Crippen MR) is 98.7 cm³/mol. The Hall–Kier alpha value is -1.34. The zero-order valence-electron chi connectivity index (χ0n) is 13.8.